The second kappa shape index (κ2) is 5.26. The van der Waals surface area contributed by atoms with Gasteiger partial charge in [0.25, 0.3) is 0 Å². The first kappa shape index (κ1) is 10.8. The Hall–Kier alpha value is -1.10. The molecule has 2 aromatic heterocycles. The minimum absolute atomic E-state index is 0.273. The number of hydrogen-bond acceptors (Lipinski definition) is 3. The van der Waals surface area contributed by atoms with Gasteiger partial charge >= 0.3 is 0 Å². The first-order valence-electron chi connectivity index (χ1n) is 6.60. The van der Waals surface area contributed by atoms with Crippen molar-refractivity contribution in [1.82, 2.24) is 14.3 Å². The van der Waals surface area contributed by atoms with Gasteiger partial charge in [-0.15, -0.1) is 11.6 Å². The van der Waals surface area contributed by atoms with Crippen LogP contribution in [0.2, 0.25) is 0 Å². The highest BCUT2D eigenvalue weighted by molar-refractivity contribution is 6.16. The molecule has 0 N–H and O–H groups in total. The molecule has 1 atom stereocenters. The number of pyridine rings is 1. The molecule has 0 radical (unpaired) electrons. The van der Waals surface area contributed by atoms with Crippen molar-refractivity contribution in [2.24, 2.45) is 0 Å². The van der Waals surface area contributed by atoms with Gasteiger partial charge in [-0.25, -0.2) is 4.98 Å². The summed E-state index contributed by atoms with van der Waals surface area (Å²) in [6.07, 6.45) is 4.00. The Kier molecular flexibility index (Phi) is 3.15. The highest BCUT2D eigenvalue weighted by atomic mass is 35.5. The molecule has 0 bridgehead atoms. The van der Waals surface area contributed by atoms with E-state index < -0.39 is 0 Å². The monoisotopic (exact) mass is 266 g/mol. The summed E-state index contributed by atoms with van der Waals surface area (Å²) >= 11 is 5.79. The number of alkyl halides is 1. The van der Waals surface area contributed by atoms with E-state index in [0.29, 0.717) is 19.1 Å². The van der Waals surface area contributed by atoms with Crippen LogP contribution < -0.4 is 0 Å². The third-order valence-electron chi connectivity index (χ3n) is 3.06. The summed E-state index contributed by atoms with van der Waals surface area (Å²) in [6.45, 7) is 2.50. The third kappa shape index (κ3) is 2.51. The third-order valence-corrected chi connectivity index (χ3v) is 3.33. The van der Waals surface area contributed by atoms with E-state index in [1.54, 1.807) is 0 Å². The van der Waals surface area contributed by atoms with Crippen molar-refractivity contribution in [2.75, 3.05) is 26.3 Å². The maximum absolute atomic E-state index is 7.94. The van der Waals surface area contributed by atoms with Crippen LogP contribution in [-0.4, -0.2) is 40.6 Å². The first-order chi connectivity index (χ1) is 9.26. The Labute approximate surface area is 113 Å². The summed E-state index contributed by atoms with van der Waals surface area (Å²) in [4.78, 5) is 6.51. The maximum atomic E-state index is 7.94. The number of fused-ring (bicyclic) bond motifs is 1. The molecule has 0 spiro atoms. The number of halogens is 1. The lowest BCUT2D eigenvalue weighted by Gasteiger charge is -2.26. The average molecular weight is 267 g/mol. The second-order valence-corrected chi connectivity index (χ2v) is 4.66. The zero-order valence-corrected chi connectivity index (χ0v) is 10.8. The number of imidazole rings is 1. The Morgan fingerprint density at radius 1 is 1.39 bits per heavy atom. The Bertz CT molecular complexity index is 574. The van der Waals surface area contributed by atoms with Crippen LogP contribution >= 0.6 is 11.6 Å². The smallest absolute Gasteiger partial charge is 0.137 e. The topological polar surface area (TPSA) is 29.8 Å². The van der Waals surface area contributed by atoms with E-state index in [0.717, 1.165) is 24.4 Å². The van der Waals surface area contributed by atoms with Crippen molar-refractivity contribution in [3.63, 3.8) is 0 Å². The van der Waals surface area contributed by atoms with Gasteiger partial charge in [0.1, 0.15) is 5.65 Å². The molecular formula is C13H16ClN3O. The lowest BCUT2D eigenvalue weighted by molar-refractivity contribution is 0.0341. The van der Waals surface area contributed by atoms with Gasteiger partial charge in [0.2, 0.25) is 0 Å². The number of aromatic nitrogens is 2. The average Bonchev–Trinajstić information content (AvgIpc) is 2.83. The Morgan fingerprint density at radius 3 is 3.17 bits per heavy atom. The molecule has 0 aromatic carbocycles. The van der Waals surface area contributed by atoms with Gasteiger partial charge in [0.05, 0.1) is 24.8 Å². The summed E-state index contributed by atoms with van der Waals surface area (Å²) in [5.41, 5.74) is 2.96. The van der Waals surface area contributed by atoms with E-state index in [9.17, 15) is 0 Å². The van der Waals surface area contributed by atoms with E-state index in [2.05, 4.69) is 22.1 Å². The van der Waals surface area contributed by atoms with Crippen LogP contribution in [0.25, 0.3) is 5.65 Å². The summed E-state index contributed by atoms with van der Waals surface area (Å²) in [6, 6.07) is 4.05. The summed E-state index contributed by atoms with van der Waals surface area (Å²) in [7, 11) is 0. The van der Waals surface area contributed by atoms with Crippen LogP contribution in [0.15, 0.2) is 24.5 Å². The van der Waals surface area contributed by atoms with Crippen molar-refractivity contribution in [3.8, 4) is 0 Å². The van der Waals surface area contributed by atoms with E-state index in [1.165, 1.54) is 5.56 Å². The summed E-state index contributed by atoms with van der Waals surface area (Å²) in [5.74, 6) is 0.426. The van der Waals surface area contributed by atoms with Gasteiger partial charge in [0.15, 0.2) is 0 Å². The van der Waals surface area contributed by atoms with Crippen LogP contribution in [0.5, 0.6) is 0 Å². The molecule has 96 valence electrons. The van der Waals surface area contributed by atoms with Crippen LogP contribution in [0, 0.1) is 0 Å². The van der Waals surface area contributed by atoms with Crippen molar-refractivity contribution in [2.45, 2.75) is 12.4 Å². The van der Waals surface area contributed by atoms with Crippen molar-refractivity contribution in [3.05, 3.63) is 35.8 Å². The minimum Gasteiger partial charge on any atom is -0.379 e. The molecule has 4 nitrogen and oxygen atoms in total. The van der Waals surface area contributed by atoms with E-state index in [4.69, 9.17) is 17.7 Å². The highest BCUT2D eigenvalue weighted by Gasteiger charge is 2.11. The molecule has 1 fully saturated rings. The Balaban J connectivity index is 1.80. The van der Waals surface area contributed by atoms with Crippen LogP contribution in [0.3, 0.4) is 0 Å². The zero-order chi connectivity index (χ0) is 13.2. The van der Waals surface area contributed by atoms with Gasteiger partial charge < -0.3 is 9.14 Å². The normalized spacial score (nSPS) is 22.3. The standard InChI is InChI=1S/C13H16ClN3O/c14-7-12-10-17-9-11(1-2-13(17)15-12)8-16-3-5-18-6-4-16/h1-2,9-10H,3-8H2/i3D. The molecule has 1 aliphatic rings. The number of hydrogen-bond donors (Lipinski definition) is 0. The molecule has 0 saturated carbocycles. The molecule has 5 heteroatoms. The minimum atomic E-state index is -0.273. The molecular weight excluding hydrogens is 250 g/mol. The maximum Gasteiger partial charge on any atom is 0.137 e. The van der Waals surface area contributed by atoms with Crippen LogP contribution in [0.1, 0.15) is 12.6 Å². The fraction of sp³-hybridized carbons (Fsp3) is 0.462. The predicted octanol–water partition coefficient (Wildman–Crippen LogP) is 1.91. The van der Waals surface area contributed by atoms with E-state index in [-0.39, 0.29) is 6.52 Å². The van der Waals surface area contributed by atoms with Gasteiger partial charge in [-0.1, -0.05) is 6.07 Å². The Morgan fingerprint density at radius 2 is 2.33 bits per heavy atom. The van der Waals surface area contributed by atoms with Crippen molar-refractivity contribution >= 4 is 17.2 Å². The molecule has 0 aliphatic carbocycles. The number of ether oxygens (including phenoxy) is 1. The predicted molar refractivity (Wildman–Crippen MR) is 70.8 cm³/mol. The molecule has 3 rings (SSSR count). The fourth-order valence-corrected chi connectivity index (χ4v) is 2.27. The second-order valence-electron chi connectivity index (χ2n) is 4.40. The lowest BCUT2D eigenvalue weighted by Crippen LogP contribution is -2.35. The lowest BCUT2D eigenvalue weighted by atomic mass is 10.2. The SMILES string of the molecule is [2H]C1COCCN1Cc1ccc2nc(CCl)cn2c1. The molecule has 0 amide bonds. The molecule has 1 unspecified atom stereocenters. The van der Waals surface area contributed by atoms with Crippen LogP contribution in [-0.2, 0) is 17.2 Å². The van der Waals surface area contributed by atoms with Gasteiger partial charge in [-0.3, -0.25) is 4.90 Å². The van der Waals surface area contributed by atoms with Crippen molar-refractivity contribution in [1.29, 1.82) is 0 Å². The molecule has 1 aliphatic heterocycles. The number of nitrogens with zero attached hydrogens (tertiary/aromatic N) is 3. The molecule has 1 saturated heterocycles. The summed E-state index contributed by atoms with van der Waals surface area (Å²) in [5, 5.41) is 0. The number of morpholine rings is 1. The fourth-order valence-electron chi connectivity index (χ4n) is 2.14. The zero-order valence-electron chi connectivity index (χ0n) is 11.1. The van der Waals surface area contributed by atoms with Gasteiger partial charge in [-0.2, -0.15) is 0 Å². The van der Waals surface area contributed by atoms with E-state index >= 15 is 0 Å². The highest BCUT2D eigenvalue weighted by Crippen LogP contribution is 2.12. The van der Waals surface area contributed by atoms with Gasteiger partial charge in [0, 0.05) is 33.4 Å². The largest absolute Gasteiger partial charge is 0.379 e. The first-order valence-corrected chi connectivity index (χ1v) is 6.56. The van der Waals surface area contributed by atoms with E-state index in [1.807, 2.05) is 16.7 Å². The van der Waals surface area contributed by atoms with Gasteiger partial charge in [-0.05, 0) is 11.6 Å². The van der Waals surface area contributed by atoms with Crippen LogP contribution in [0.4, 0.5) is 0 Å². The molecule has 2 aromatic rings. The quantitative estimate of drug-likeness (QED) is 0.795. The summed E-state index contributed by atoms with van der Waals surface area (Å²) < 4.78 is 15.2. The van der Waals surface area contributed by atoms with Crippen molar-refractivity contribution < 1.29 is 6.11 Å². The molecule has 3 heterocycles. The molecule has 18 heavy (non-hydrogen) atoms. The number of rotatable bonds is 3.